The molecule has 3 rings (SSSR count). The van der Waals surface area contributed by atoms with Gasteiger partial charge in [-0.3, -0.25) is 9.69 Å². The van der Waals surface area contributed by atoms with E-state index >= 15 is 0 Å². The van der Waals surface area contributed by atoms with E-state index in [0.29, 0.717) is 43.5 Å². The molecule has 0 bridgehead atoms. The fourth-order valence-corrected chi connectivity index (χ4v) is 3.41. The largest absolute Gasteiger partial charge is 0.489 e. The average molecular weight is 443 g/mol. The van der Waals surface area contributed by atoms with Crippen LogP contribution in [0.1, 0.15) is 15.9 Å². The first-order valence-corrected chi connectivity index (χ1v) is 9.86. The van der Waals surface area contributed by atoms with Crippen LogP contribution in [0.4, 0.5) is 13.2 Å². The lowest BCUT2D eigenvalue weighted by atomic mass is 10.1. The van der Waals surface area contributed by atoms with Crippen molar-refractivity contribution in [3.63, 3.8) is 0 Å². The molecule has 1 saturated heterocycles. The van der Waals surface area contributed by atoms with E-state index in [1.54, 1.807) is 29.2 Å². The number of aliphatic hydroxyl groups is 1. The minimum Gasteiger partial charge on any atom is -0.489 e. The zero-order chi connectivity index (χ0) is 21.7. The number of benzene rings is 2. The summed E-state index contributed by atoms with van der Waals surface area (Å²) in [7, 11) is 0. The number of para-hydroxylation sites is 1. The smallest absolute Gasteiger partial charge is 0.416 e. The van der Waals surface area contributed by atoms with Crippen molar-refractivity contribution in [1.29, 1.82) is 0 Å². The number of rotatable bonds is 6. The Morgan fingerprint density at radius 1 is 1.07 bits per heavy atom. The first kappa shape index (κ1) is 22.4. The molecule has 9 heteroatoms. The van der Waals surface area contributed by atoms with Gasteiger partial charge in [0.15, 0.2) is 0 Å². The zero-order valence-electron chi connectivity index (χ0n) is 16.1. The third-order valence-electron chi connectivity index (χ3n) is 4.86. The molecule has 1 heterocycles. The average Bonchev–Trinajstić information content (AvgIpc) is 2.73. The summed E-state index contributed by atoms with van der Waals surface area (Å²) in [5.41, 5.74) is -0.554. The van der Waals surface area contributed by atoms with Gasteiger partial charge in [-0.15, -0.1) is 0 Å². The van der Waals surface area contributed by atoms with E-state index in [9.17, 15) is 23.1 Å². The fourth-order valence-electron chi connectivity index (χ4n) is 3.22. The molecule has 30 heavy (non-hydrogen) atoms. The molecule has 0 aliphatic carbocycles. The number of amides is 1. The quantitative estimate of drug-likeness (QED) is 0.743. The van der Waals surface area contributed by atoms with Crippen LogP contribution >= 0.6 is 11.6 Å². The molecule has 1 N–H and O–H groups in total. The molecule has 1 aliphatic heterocycles. The van der Waals surface area contributed by atoms with Crippen molar-refractivity contribution < 1.29 is 27.8 Å². The Labute approximate surface area is 177 Å². The molecule has 1 fully saturated rings. The van der Waals surface area contributed by atoms with Crippen LogP contribution in [0.5, 0.6) is 5.75 Å². The summed E-state index contributed by atoms with van der Waals surface area (Å²) in [6, 6.07) is 11.2. The predicted molar refractivity (Wildman–Crippen MR) is 107 cm³/mol. The summed E-state index contributed by atoms with van der Waals surface area (Å²) >= 11 is 6.02. The van der Waals surface area contributed by atoms with Gasteiger partial charge in [-0.05, 0) is 36.4 Å². The molecule has 0 radical (unpaired) electrons. The van der Waals surface area contributed by atoms with Crippen LogP contribution in [0.15, 0.2) is 48.5 Å². The van der Waals surface area contributed by atoms with Crippen molar-refractivity contribution in [1.82, 2.24) is 9.80 Å². The van der Waals surface area contributed by atoms with Crippen LogP contribution in [0, 0.1) is 0 Å². The van der Waals surface area contributed by atoms with E-state index in [4.69, 9.17) is 16.3 Å². The number of piperazine rings is 1. The van der Waals surface area contributed by atoms with Crippen molar-refractivity contribution >= 4 is 17.5 Å². The van der Waals surface area contributed by atoms with E-state index in [-0.39, 0.29) is 18.1 Å². The van der Waals surface area contributed by atoms with Crippen molar-refractivity contribution in [3.8, 4) is 5.75 Å². The molecule has 162 valence electrons. The summed E-state index contributed by atoms with van der Waals surface area (Å²) in [6.07, 6.45) is -5.15. The molecular weight excluding hydrogens is 421 g/mol. The highest BCUT2D eigenvalue weighted by molar-refractivity contribution is 6.32. The number of β-amino-alcohol motifs (C(OH)–C–C–N with tert-alkyl or cyclic N) is 1. The maximum Gasteiger partial charge on any atom is 0.416 e. The molecule has 0 aromatic heterocycles. The minimum atomic E-state index is -4.43. The highest BCUT2D eigenvalue weighted by Crippen LogP contribution is 2.29. The van der Waals surface area contributed by atoms with Gasteiger partial charge < -0.3 is 14.7 Å². The maximum absolute atomic E-state index is 12.7. The second kappa shape index (κ2) is 9.68. The molecule has 1 atom stereocenters. The number of alkyl halides is 3. The summed E-state index contributed by atoms with van der Waals surface area (Å²) in [5, 5.41) is 10.7. The van der Waals surface area contributed by atoms with E-state index in [2.05, 4.69) is 0 Å². The number of hydrogen-bond acceptors (Lipinski definition) is 4. The van der Waals surface area contributed by atoms with Gasteiger partial charge in [0.25, 0.3) is 5.91 Å². The van der Waals surface area contributed by atoms with Gasteiger partial charge in [0.2, 0.25) is 0 Å². The van der Waals surface area contributed by atoms with E-state index in [1.165, 1.54) is 12.1 Å². The lowest BCUT2D eigenvalue weighted by Gasteiger charge is -2.35. The summed E-state index contributed by atoms with van der Waals surface area (Å²) in [6.45, 7) is 2.43. The van der Waals surface area contributed by atoms with Crippen molar-refractivity contribution in [3.05, 3.63) is 64.7 Å². The standard InChI is InChI=1S/C21H22ClF3N2O3/c22-18-3-1-2-4-19(18)30-14-17(28)13-26-9-11-27(12-10-26)20(29)15-5-7-16(8-6-15)21(23,24)25/h1-8,17,28H,9-14H2. The predicted octanol–water partition coefficient (Wildman–Crippen LogP) is 3.56. The van der Waals surface area contributed by atoms with Crippen molar-refractivity contribution in [2.45, 2.75) is 12.3 Å². The fraction of sp³-hybridized carbons (Fsp3) is 0.381. The third-order valence-corrected chi connectivity index (χ3v) is 5.17. The van der Waals surface area contributed by atoms with Crippen LogP contribution < -0.4 is 4.74 Å². The van der Waals surface area contributed by atoms with Gasteiger partial charge in [0.05, 0.1) is 10.6 Å². The second-order valence-corrected chi connectivity index (χ2v) is 7.47. The van der Waals surface area contributed by atoms with Crippen LogP contribution in [0.2, 0.25) is 5.02 Å². The van der Waals surface area contributed by atoms with Gasteiger partial charge in [-0.1, -0.05) is 23.7 Å². The topological polar surface area (TPSA) is 53.0 Å². The second-order valence-electron chi connectivity index (χ2n) is 7.06. The van der Waals surface area contributed by atoms with E-state index in [0.717, 1.165) is 12.1 Å². The van der Waals surface area contributed by atoms with Crippen molar-refractivity contribution in [2.75, 3.05) is 39.3 Å². The molecule has 0 spiro atoms. The Bertz CT molecular complexity index is 853. The van der Waals surface area contributed by atoms with Crippen LogP contribution in [0.25, 0.3) is 0 Å². The third kappa shape index (κ3) is 5.87. The Balaban J connectivity index is 1.45. The maximum atomic E-state index is 12.7. The highest BCUT2D eigenvalue weighted by atomic mass is 35.5. The van der Waals surface area contributed by atoms with E-state index < -0.39 is 17.8 Å². The molecule has 2 aromatic rings. The van der Waals surface area contributed by atoms with Gasteiger partial charge >= 0.3 is 6.18 Å². The van der Waals surface area contributed by atoms with Crippen molar-refractivity contribution in [2.24, 2.45) is 0 Å². The molecule has 1 unspecified atom stereocenters. The number of ether oxygens (including phenoxy) is 1. The number of carbonyl (C=O) groups is 1. The minimum absolute atomic E-state index is 0.0917. The first-order chi connectivity index (χ1) is 14.2. The SMILES string of the molecule is O=C(c1ccc(C(F)(F)F)cc1)N1CCN(CC(O)COc2ccccc2Cl)CC1. The number of carbonyl (C=O) groups excluding carboxylic acids is 1. The molecule has 1 aliphatic rings. The highest BCUT2D eigenvalue weighted by Gasteiger charge is 2.31. The van der Waals surface area contributed by atoms with Crippen LogP contribution in [-0.2, 0) is 6.18 Å². The molecule has 1 amide bonds. The van der Waals surface area contributed by atoms with Gasteiger partial charge in [-0.2, -0.15) is 13.2 Å². The lowest BCUT2D eigenvalue weighted by molar-refractivity contribution is -0.137. The number of halogens is 4. The van der Waals surface area contributed by atoms with E-state index in [1.807, 2.05) is 4.90 Å². The Morgan fingerprint density at radius 3 is 2.30 bits per heavy atom. The molecule has 2 aromatic carbocycles. The Kier molecular flexibility index (Phi) is 7.23. The lowest BCUT2D eigenvalue weighted by Crippen LogP contribution is -2.51. The number of nitrogens with zero attached hydrogens (tertiary/aromatic N) is 2. The monoisotopic (exact) mass is 442 g/mol. The zero-order valence-corrected chi connectivity index (χ0v) is 16.9. The Morgan fingerprint density at radius 2 is 1.70 bits per heavy atom. The molecular formula is C21H22ClF3N2O3. The summed E-state index contributed by atoms with van der Waals surface area (Å²) in [4.78, 5) is 16.1. The normalized spacial score (nSPS) is 16.4. The summed E-state index contributed by atoms with van der Waals surface area (Å²) < 4.78 is 43.5. The van der Waals surface area contributed by atoms with Gasteiger partial charge in [-0.25, -0.2) is 0 Å². The summed E-state index contributed by atoms with van der Waals surface area (Å²) in [5.74, 6) is 0.205. The van der Waals surface area contributed by atoms with Gasteiger partial charge in [0.1, 0.15) is 18.5 Å². The van der Waals surface area contributed by atoms with Crippen LogP contribution in [0.3, 0.4) is 0 Å². The molecule has 5 nitrogen and oxygen atoms in total. The first-order valence-electron chi connectivity index (χ1n) is 9.48. The van der Waals surface area contributed by atoms with Gasteiger partial charge in [0, 0.05) is 38.3 Å². The number of aliphatic hydroxyl groups excluding tert-OH is 1. The number of hydrogen-bond donors (Lipinski definition) is 1. The molecule has 0 saturated carbocycles. The Hall–Kier alpha value is -2.29. The van der Waals surface area contributed by atoms with Crippen LogP contribution in [-0.4, -0.2) is 66.2 Å².